The Morgan fingerprint density at radius 3 is 2.65 bits per heavy atom. The third kappa shape index (κ3) is 2.67. The van der Waals surface area contributed by atoms with E-state index in [9.17, 15) is 4.79 Å². The van der Waals surface area contributed by atoms with Crippen LogP contribution in [0.1, 0.15) is 16.8 Å². The van der Waals surface area contributed by atoms with Crippen molar-refractivity contribution in [2.75, 3.05) is 7.11 Å². The van der Waals surface area contributed by atoms with Gasteiger partial charge in [-0.05, 0) is 18.9 Å². The first kappa shape index (κ1) is 12.1. The van der Waals surface area contributed by atoms with Gasteiger partial charge in [0, 0.05) is 15.6 Å². The molecule has 1 aliphatic rings. The lowest BCUT2D eigenvalue weighted by molar-refractivity contribution is 0.103. The number of hydrogen-bond donors (Lipinski definition) is 0. The number of methoxy groups -OCH3 is 1. The average molecular weight is 292 g/mol. The van der Waals surface area contributed by atoms with Gasteiger partial charge in [-0.1, -0.05) is 46.3 Å². The summed E-state index contributed by atoms with van der Waals surface area (Å²) in [6.45, 7) is 0. The summed E-state index contributed by atoms with van der Waals surface area (Å²) >= 11 is 3.42. The Labute approximate surface area is 109 Å². The molecule has 0 saturated carbocycles. The number of ether oxygens (including phenoxy) is 1. The third-order valence-electron chi connectivity index (χ3n) is 2.57. The van der Waals surface area contributed by atoms with Crippen molar-refractivity contribution in [3.05, 3.63) is 64.2 Å². The van der Waals surface area contributed by atoms with E-state index in [2.05, 4.69) is 15.9 Å². The number of rotatable bonds is 3. The number of Topliss-reactive ketones (excluding diaryl/α,β-unsaturated/α-hetero) is 1. The topological polar surface area (TPSA) is 26.3 Å². The lowest BCUT2D eigenvalue weighted by Gasteiger charge is -2.14. The normalized spacial score (nSPS) is 15.5. The standard InChI is InChI=1S/C14H12BrO2/c1-17-13-9-11(7-8-12(13)15)14(16)10-5-3-2-4-6-10/h2-7,9H,8H2,1H3. The van der Waals surface area contributed by atoms with Gasteiger partial charge in [-0.25, -0.2) is 0 Å². The highest BCUT2D eigenvalue weighted by Gasteiger charge is 2.18. The van der Waals surface area contributed by atoms with Gasteiger partial charge < -0.3 is 4.74 Å². The zero-order chi connectivity index (χ0) is 12.3. The van der Waals surface area contributed by atoms with Gasteiger partial charge >= 0.3 is 0 Å². The van der Waals surface area contributed by atoms with Crippen molar-refractivity contribution in [2.24, 2.45) is 0 Å². The first-order valence-corrected chi connectivity index (χ1v) is 6.09. The molecule has 2 rings (SSSR count). The van der Waals surface area contributed by atoms with E-state index < -0.39 is 0 Å². The predicted octanol–water partition coefficient (Wildman–Crippen LogP) is 3.66. The van der Waals surface area contributed by atoms with Gasteiger partial charge in [0.15, 0.2) is 5.78 Å². The quantitative estimate of drug-likeness (QED) is 0.795. The summed E-state index contributed by atoms with van der Waals surface area (Å²) in [5.41, 5.74) is 1.37. The van der Waals surface area contributed by atoms with Crippen molar-refractivity contribution < 1.29 is 9.53 Å². The van der Waals surface area contributed by atoms with Gasteiger partial charge in [-0.2, -0.15) is 0 Å². The Morgan fingerprint density at radius 1 is 1.29 bits per heavy atom. The van der Waals surface area contributed by atoms with Crippen LogP contribution < -0.4 is 0 Å². The Balaban J connectivity index is 2.28. The van der Waals surface area contributed by atoms with Gasteiger partial charge in [-0.15, -0.1) is 0 Å². The summed E-state index contributed by atoms with van der Waals surface area (Å²) < 4.78 is 6.17. The molecular weight excluding hydrogens is 280 g/mol. The van der Waals surface area contributed by atoms with E-state index in [4.69, 9.17) is 4.74 Å². The first-order valence-electron chi connectivity index (χ1n) is 5.29. The van der Waals surface area contributed by atoms with Gasteiger partial charge in [0.1, 0.15) is 5.76 Å². The summed E-state index contributed by atoms with van der Waals surface area (Å²) in [7, 11) is 1.60. The molecule has 0 bridgehead atoms. The van der Waals surface area contributed by atoms with Crippen LogP contribution in [0.3, 0.4) is 0 Å². The maximum Gasteiger partial charge on any atom is 0.189 e. The molecule has 1 aliphatic carbocycles. The second-order valence-corrected chi connectivity index (χ2v) is 4.63. The zero-order valence-corrected chi connectivity index (χ0v) is 11.0. The number of carbonyl (C=O) groups excluding carboxylic acids is 1. The molecule has 3 heteroatoms. The largest absolute Gasteiger partial charge is 0.496 e. The molecule has 0 aliphatic heterocycles. The fourth-order valence-corrected chi connectivity index (χ4v) is 2.10. The summed E-state index contributed by atoms with van der Waals surface area (Å²) in [5.74, 6) is 0.743. The molecule has 2 nitrogen and oxygen atoms in total. The molecule has 87 valence electrons. The number of halogens is 1. The minimum absolute atomic E-state index is 0.0279. The molecule has 0 fully saturated rings. The Kier molecular flexibility index (Phi) is 3.79. The van der Waals surface area contributed by atoms with Crippen LogP contribution in [0.4, 0.5) is 0 Å². The van der Waals surface area contributed by atoms with Crippen molar-refractivity contribution in [2.45, 2.75) is 6.42 Å². The molecule has 0 spiro atoms. The van der Waals surface area contributed by atoms with Crippen LogP contribution in [0.5, 0.6) is 0 Å². The molecular formula is C14H12BrO2. The molecule has 0 unspecified atom stereocenters. The maximum atomic E-state index is 12.2. The minimum Gasteiger partial charge on any atom is -0.496 e. The molecule has 17 heavy (non-hydrogen) atoms. The second-order valence-electron chi connectivity index (χ2n) is 3.68. The second kappa shape index (κ2) is 5.32. The van der Waals surface area contributed by atoms with E-state index in [-0.39, 0.29) is 5.78 Å². The fourth-order valence-electron chi connectivity index (χ4n) is 1.66. The third-order valence-corrected chi connectivity index (χ3v) is 3.29. The van der Waals surface area contributed by atoms with E-state index >= 15 is 0 Å². The molecule has 0 atom stereocenters. The number of ketones is 1. The Bertz CT molecular complexity index is 486. The smallest absolute Gasteiger partial charge is 0.189 e. The molecule has 0 aromatic heterocycles. The highest BCUT2D eigenvalue weighted by molar-refractivity contribution is 9.11. The lowest BCUT2D eigenvalue weighted by atomic mass is 9.96. The zero-order valence-electron chi connectivity index (χ0n) is 9.44. The molecule has 0 N–H and O–H groups in total. The average Bonchev–Trinajstić information content (AvgIpc) is 2.39. The van der Waals surface area contributed by atoms with Crippen LogP contribution in [0.25, 0.3) is 0 Å². The van der Waals surface area contributed by atoms with Crippen LogP contribution in [0, 0.1) is 6.42 Å². The number of benzene rings is 1. The van der Waals surface area contributed by atoms with E-state index in [0.29, 0.717) is 23.3 Å². The van der Waals surface area contributed by atoms with Crippen molar-refractivity contribution in [1.82, 2.24) is 0 Å². The first-order chi connectivity index (χ1) is 8.22. The van der Waals surface area contributed by atoms with Gasteiger partial charge in [0.2, 0.25) is 0 Å². The summed E-state index contributed by atoms with van der Waals surface area (Å²) in [5, 5.41) is 0. The van der Waals surface area contributed by atoms with Crippen LogP contribution in [0.15, 0.2) is 52.2 Å². The van der Waals surface area contributed by atoms with E-state index in [1.807, 2.05) is 36.8 Å². The van der Waals surface area contributed by atoms with Crippen LogP contribution in [-0.2, 0) is 4.74 Å². The highest BCUT2D eigenvalue weighted by atomic mass is 79.9. The number of allylic oxidation sites excluding steroid dienone is 3. The number of hydrogen-bond acceptors (Lipinski definition) is 2. The van der Waals surface area contributed by atoms with Crippen molar-refractivity contribution >= 4 is 21.7 Å². The lowest BCUT2D eigenvalue weighted by Crippen LogP contribution is -2.08. The van der Waals surface area contributed by atoms with Gasteiger partial charge in [-0.3, -0.25) is 4.79 Å². The Morgan fingerprint density at radius 2 is 2.00 bits per heavy atom. The van der Waals surface area contributed by atoms with E-state index in [0.717, 1.165) is 4.48 Å². The highest BCUT2D eigenvalue weighted by Crippen LogP contribution is 2.29. The fraction of sp³-hybridized carbons (Fsp3) is 0.143. The summed E-state index contributed by atoms with van der Waals surface area (Å²) in [6, 6.07) is 9.25. The van der Waals surface area contributed by atoms with E-state index in [1.165, 1.54) is 0 Å². The molecule has 1 aromatic carbocycles. The molecule has 1 radical (unpaired) electrons. The molecule has 0 saturated heterocycles. The minimum atomic E-state index is 0.0279. The summed E-state index contributed by atoms with van der Waals surface area (Å²) in [4.78, 5) is 12.2. The monoisotopic (exact) mass is 291 g/mol. The van der Waals surface area contributed by atoms with Gasteiger partial charge in [0.05, 0.1) is 7.11 Å². The van der Waals surface area contributed by atoms with Gasteiger partial charge in [0.25, 0.3) is 0 Å². The summed E-state index contributed by atoms with van der Waals surface area (Å²) in [6.07, 6.45) is 4.36. The number of carbonyl (C=O) groups is 1. The van der Waals surface area contributed by atoms with Crippen LogP contribution >= 0.6 is 15.9 Å². The van der Waals surface area contributed by atoms with E-state index in [1.54, 1.807) is 13.2 Å². The predicted molar refractivity (Wildman–Crippen MR) is 70.7 cm³/mol. The van der Waals surface area contributed by atoms with Crippen molar-refractivity contribution in [1.29, 1.82) is 0 Å². The molecule has 1 aromatic rings. The SMILES string of the molecule is COC1=C(Br)C[CH]C(C(=O)c2ccccc2)=C1. The van der Waals surface area contributed by atoms with Crippen molar-refractivity contribution in [3.63, 3.8) is 0 Å². The molecule has 0 amide bonds. The van der Waals surface area contributed by atoms with Crippen LogP contribution in [0.2, 0.25) is 0 Å². The molecule has 0 heterocycles. The Hall–Kier alpha value is -1.35. The van der Waals surface area contributed by atoms with Crippen LogP contribution in [-0.4, -0.2) is 12.9 Å². The van der Waals surface area contributed by atoms with Crippen molar-refractivity contribution in [3.8, 4) is 0 Å². The maximum absolute atomic E-state index is 12.2.